The highest BCUT2D eigenvalue weighted by molar-refractivity contribution is 7.15. The molecule has 0 spiro atoms. The van der Waals surface area contributed by atoms with E-state index in [1.165, 1.54) is 17.4 Å². The maximum Gasteiger partial charge on any atom is 0.328 e. The van der Waals surface area contributed by atoms with Crippen molar-refractivity contribution in [2.75, 3.05) is 5.32 Å². The number of aliphatic carboxylic acids is 1. The van der Waals surface area contributed by atoms with Crippen LogP contribution in [0.25, 0.3) is 6.08 Å². The molecule has 0 radical (unpaired) electrons. The highest BCUT2D eigenvalue weighted by Gasteiger charge is 2.08. The Morgan fingerprint density at radius 2 is 2.16 bits per heavy atom. The Balaban J connectivity index is 2.06. The smallest absolute Gasteiger partial charge is 0.328 e. The van der Waals surface area contributed by atoms with Crippen molar-refractivity contribution in [3.63, 3.8) is 0 Å². The van der Waals surface area contributed by atoms with Crippen LogP contribution in [0.2, 0.25) is 0 Å². The molecular formula is C13H10N2O3S. The van der Waals surface area contributed by atoms with Crippen molar-refractivity contribution in [1.82, 2.24) is 4.98 Å². The van der Waals surface area contributed by atoms with E-state index in [4.69, 9.17) is 5.11 Å². The molecule has 0 saturated heterocycles. The molecule has 19 heavy (non-hydrogen) atoms. The first-order chi connectivity index (χ1) is 9.15. The Morgan fingerprint density at radius 1 is 1.32 bits per heavy atom. The number of pyridine rings is 1. The SMILES string of the molecule is O=C(O)/C=C/c1ccc(C(=O)Nc2cccnc2)s1. The minimum absolute atomic E-state index is 0.243. The summed E-state index contributed by atoms with van der Waals surface area (Å²) in [5, 5.41) is 11.2. The first kappa shape index (κ1) is 13.0. The first-order valence-corrected chi connectivity index (χ1v) is 6.19. The normalized spacial score (nSPS) is 10.5. The zero-order chi connectivity index (χ0) is 13.7. The summed E-state index contributed by atoms with van der Waals surface area (Å²) in [6.45, 7) is 0. The molecule has 0 saturated carbocycles. The lowest BCUT2D eigenvalue weighted by molar-refractivity contribution is -0.131. The summed E-state index contributed by atoms with van der Waals surface area (Å²) in [5.74, 6) is -1.26. The highest BCUT2D eigenvalue weighted by Crippen LogP contribution is 2.19. The minimum atomic E-state index is -1.02. The van der Waals surface area contributed by atoms with Crippen molar-refractivity contribution >= 4 is 35.0 Å². The van der Waals surface area contributed by atoms with Gasteiger partial charge in [-0.1, -0.05) is 0 Å². The molecule has 96 valence electrons. The second-order valence-corrected chi connectivity index (χ2v) is 4.68. The van der Waals surface area contributed by atoms with Crippen molar-refractivity contribution in [2.24, 2.45) is 0 Å². The molecule has 2 aromatic rings. The summed E-state index contributed by atoms with van der Waals surface area (Å²) in [7, 11) is 0. The van der Waals surface area contributed by atoms with Crippen molar-refractivity contribution in [3.8, 4) is 0 Å². The van der Waals surface area contributed by atoms with Crippen LogP contribution in [0.4, 0.5) is 5.69 Å². The molecule has 0 aromatic carbocycles. The van der Waals surface area contributed by atoms with Gasteiger partial charge in [0.2, 0.25) is 0 Å². The van der Waals surface area contributed by atoms with Crippen molar-refractivity contribution < 1.29 is 14.7 Å². The molecule has 0 aliphatic heterocycles. The zero-order valence-corrected chi connectivity index (χ0v) is 10.6. The van der Waals surface area contributed by atoms with Crippen LogP contribution >= 0.6 is 11.3 Å². The lowest BCUT2D eigenvalue weighted by atomic mass is 10.3. The summed E-state index contributed by atoms with van der Waals surface area (Å²) in [6.07, 6.45) is 5.66. The van der Waals surface area contributed by atoms with Crippen LogP contribution in [-0.2, 0) is 4.79 Å². The van der Waals surface area contributed by atoms with Gasteiger partial charge in [-0.05, 0) is 30.3 Å². The van der Waals surface area contributed by atoms with Crippen LogP contribution in [0.15, 0.2) is 42.7 Å². The molecule has 5 nitrogen and oxygen atoms in total. The summed E-state index contributed by atoms with van der Waals surface area (Å²) in [5.41, 5.74) is 0.614. The van der Waals surface area contributed by atoms with E-state index in [0.29, 0.717) is 15.4 Å². The van der Waals surface area contributed by atoms with E-state index in [2.05, 4.69) is 10.3 Å². The molecule has 0 aliphatic carbocycles. The molecule has 2 N–H and O–H groups in total. The number of hydrogen-bond donors (Lipinski definition) is 2. The summed E-state index contributed by atoms with van der Waals surface area (Å²) in [6, 6.07) is 6.81. The second kappa shape index (κ2) is 5.92. The van der Waals surface area contributed by atoms with E-state index >= 15 is 0 Å². The molecule has 0 aliphatic rings. The topological polar surface area (TPSA) is 79.3 Å². The molecule has 1 amide bonds. The number of carbonyl (C=O) groups excluding carboxylic acids is 1. The van der Waals surface area contributed by atoms with Gasteiger partial charge in [-0.3, -0.25) is 9.78 Å². The lowest BCUT2D eigenvalue weighted by Gasteiger charge is -2.01. The van der Waals surface area contributed by atoms with Crippen molar-refractivity contribution in [3.05, 3.63) is 52.5 Å². The number of thiophene rings is 1. The minimum Gasteiger partial charge on any atom is -0.478 e. The van der Waals surface area contributed by atoms with Gasteiger partial charge in [0, 0.05) is 17.2 Å². The number of carbonyl (C=O) groups is 2. The van der Waals surface area contributed by atoms with Crippen LogP contribution in [0.3, 0.4) is 0 Å². The van der Waals surface area contributed by atoms with Crippen LogP contribution in [0, 0.1) is 0 Å². The van der Waals surface area contributed by atoms with Crippen molar-refractivity contribution in [2.45, 2.75) is 0 Å². The van der Waals surface area contributed by atoms with Gasteiger partial charge in [0.1, 0.15) is 0 Å². The highest BCUT2D eigenvalue weighted by atomic mass is 32.1. The predicted octanol–water partition coefficient (Wildman–Crippen LogP) is 2.49. The van der Waals surface area contributed by atoms with Gasteiger partial charge < -0.3 is 10.4 Å². The maximum atomic E-state index is 11.9. The van der Waals surface area contributed by atoms with E-state index in [0.717, 1.165) is 6.08 Å². The zero-order valence-electron chi connectivity index (χ0n) is 9.74. The Morgan fingerprint density at radius 3 is 2.84 bits per heavy atom. The Labute approximate surface area is 113 Å². The van der Waals surface area contributed by atoms with Crippen LogP contribution in [0.5, 0.6) is 0 Å². The Bertz CT molecular complexity index is 620. The number of carboxylic acid groups (broad SMARTS) is 1. The van der Waals surface area contributed by atoms with Gasteiger partial charge in [-0.15, -0.1) is 11.3 Å². The quantitative estimate of drug-likeness (QED) is 0.839. The number of amides is 1. The van der Waals surface area contributed by atoms with Crippen LogP contribution in [-0.4, -0.2) is 22.0 Å². The fourth-order valence-corrected chi connectivity index (χ4v) is 2.15. The van der Waals surface area contributed by atoms with Gasteiger partial charge in [0.25, 0.3) is 5.91 Å². The van der Waals surface area contributed by atoms with E-state index < -0.39 is 5.97 Å². The van der Waals surface area contributed by atoms with Crippen LogP contribution in [0.1, 0.15) is 14.5 Å². The molecule has 6 heteroatoms. The Hall–Kier alpha value is -2.47. The summed E-state index contributed by atoms with van der Waals surface area (Å²) < 4.78 is 0. The average Bonchev–Trinajstić information content (AvgIpc) is 2.86. The van der Waals surface area contributed by atoms with Gasteiger partial charge in [0.05, 0.1) is 16.8 Å². The summed E-state index contributed by atoms with van der Waals surface area (Å²) >= 11 is 1.22. The third kappa shape index (κ3) is 3.75. The van der Waals surface area contributed by atoms with Gasteiger partial charge >= 0.3 is 5.97 Å². The standard InChI is InChI=1S/C13H10N2O3S/c16-12(17)6-4-10-3-5-11(19-10)13(18)15-9-2-1-7-14-8-9/h1-8H,(H,15,18)(H,16,17)/b6-4+. The number of rotatable bonds is 4. The van der Waals surface area contributed by atoms with Gasteiger partial charge in [-0.2, -0.15) is 0 Å². The van der Waals surface area contributed by atoms with Gasteiger partial charge in [-0.25, -0.2) is 4.79 Å². The number of nitrogens with one attached hydrogen (secondary N) is 1. The predicted molar refractivity (Wildman–Crippen MR) is 73.2 cm³/mol. The third-order valence-corrected chi connectivity index (χ3v) is 3.21. The van der Waals surface area contributed by atoms with E-state index in [9.17, 15) is 9.59 Å². The average molecular weight is 274 g/mol. The number of nitrogens with zero attached hydrogens (tertiary/aromatic N) is 1. The van der Waals surface area contributed by atoms with E-state index in [-0.39, 0.29) is 5.91 Å². The largest absolute Gasteiger partial charge is 0.478 e. The fourth-order valence-electron chi connectivity index (χ4n) is 1.35. The monoisotopic (exact) mass is 274 g/mol. The Kier molecular flexibility index (Phi) is 4.04. The first-order valence-electron chi connectivity index (χ1n) is 5.37. The molecule has 2 aromatic heterocycles. The number of hydrogen-bond acceptors (Lipinski definition) is 4. The third-order valence-electron chi connectivity index (χ3n) is 2.16. The number of aromatic nitrogens is 1. The molecule has 0 atom stereocenters. The molecule has 2 rings (SSSR count). The second-order valence-electron chi connectivity index (χ2n) is 3.57. The van der Waals surface area contributed by atoms with Gasteiger partial charge in [0.15, 0.2) is 0 Å². The van der Waals surface area contributed by atoms with Crippen LogP contribution < -0.4 is 5.32 Å². The number of carboxylic acids is 1. The fraction of sp³-hybridized carbons (Fsp3) is 0. The summed E-state index contributed by atoms with van der Waals surface area (Å²) in [4.78, 5) is 27.4. The maximum absolute atomic E-state index is 11.9. The molecular weight excluding hydrogens is 264 g/mol. The van der Waals surface area contributed by atoms with Crippen molar-refractivity contribution in [1.29, 1.82) is 0 Å². The number of anilines is 1. The molecule has 0 fully saturated rings. The van der Waals surface area contributed by atoms with E-state index in [1.807, 2.05) is 0 Å². The molecule has 2 heterocycles. The molecule has 0 unspecified atom stereocenters. The van der Waals surface area contributed by atoms with E-state index in [1.54, 1.807) is 36.7 Å². The lowest BCUT2D eigenvalue weighted by Crippen LogP contribution is -2.09. The molecule has 0 bridgehead atoms.